The van der Waals surface area contributed by atoms with E-state index in [1.54, 1.807) is 0 Å². The van der Waals surface area contributed by atoms with Crippen molar-refractivity contribution < 1.29 is 0 Å². The van der Waals surface area contributed by atoms with E-state index in [1.165, 1.54) is 11.1 Å². The van der Waals surface area contributed by atoms with Gasteiger partial charge in [-0.05, 0) is 31.6 Å². The topological polar surface area (TPSA) is 3.24 Å². The van der Waals surface area contributed by atoms with Crippen molar-refractivity contribution in [3.05, 3.63) is 42.0 Å². The number of hydrogen-bond donors (Lipinski definition) is 0. The monoisotopic (exact) mass is 175 g/mol. The van der Waals surface area contributed by atoms with E-state index in [0.29, 0.717) is 0 Å². The summed E-state index contributed by atoms with van der Waals surface area (Å²) in [6.07, 6.45) is 2.99. The van der Waals surface area contributed by atoms with Gasteiger partial charge in [-0.1, -0.05) is 36.9 Å². The molecule has 13 heavy (non-hydrogen) atoms. The maximum absolute atomic E-state index is 3.73. The molecule has 0 amide bonds. The van der Waals surface area contributed by atoms with Crippen LogP contribution in [0.2, 0.25) is 0 Å². The fourth-order valence-electron chi connectivity index (χ4n) is 1.17. The lowest BCUT2D eigenvalue weighted by atomic mass is 10.1. The minimum absolute atomic E-state index is 1.10. The molecule has 1 aromatic carbocycles. The van der Waals surface area contributed by atoms with Crippen LogP contribution >= 0.6 is 0 Å². The van der Waals surface area contributed by atoms with Crippen LogP contribution in [0.25, 0.3) is 6.08 Å². The van der Waals surface area contributed by atoms with Gasteiger partial charge in [-0.2, -0.15) is 0 Å². The van der Waals surface area contributed by atoms with Crippen LogP contribution in [0.1, 0.15) is 11.1 Å². The molecule has 0 aliphatic carbocycles. The average molecular weight is 175 g/mol. The van der Waals surface area contributed by atoms with E-state index in [4.69, 9.17) is 0 Å². The van der Waals surface area contributed by atoms with Crippen LogP contribution < -0.4 is 0 Å². The van der Waals surface area contributed by atoms with Gasteiger partial charge in [0.15, 0.2) is 0 Å². The first-order valence-corrected chi connectivity index (χ1v) is 4.58. The molecule has 0 unspecified atom stereocenters. The molecular formula is C12H17N. The second-order valence-electron chi connectivity index (χ2n) is 3.50. The number of likely N-dealkylation sites (N-methyl/N-ethyl adjacent to an activating group) is 1. The van der Waals surface area contributed by atoms with Crippen LogP contribution in [0.3, 0.4) is 0 Å². The van der Waals surface area contributed by atoms with Gasteiger partial charge >= 0.3 is 0 Å². The predicted octanol–water partition coefficient (Wildman–Crippen LogP) is 2.43. The van der Waals surface area contributed by atoms with Crippen LogP contribution in [0, 0.1) is 0 Å². The zero-order valence-corrected chi connectivity index (χ0v) is 8.46. The Bertz CT molecular complexity index is 259. The van der Waals surface area contributed by atoms with Crippen molar-refractivity contribution >= 4 is 6.08 Å². The highest BCUT2D eigenvalue weighted by atomic mass is 15.0. The zero-order valence-electron chi connectivity index (χ0n) is 8.46. The maximum atomic E-state index is 3.73. The van der Waals surface area contributed by atoms with Crippen LogP contribution in [-0.2, 0) is 6.42 Å². The highest BCUT2D eigenvalue weighted by Gasteiger charge is 1.94. The second-order valence-corrected chi connectivity index (χ2v) is 3.50. The number of nitrogens with zero attached hydrogens (tertiary/aromatic N) is 1. The molecule has 0 saturated heterocycles. The Hall–Kier alpha value is -1.08. The Morgan fingerprint density at radius 3 is 2.31 bits per heavy atom. The molecule has 0 bridgehead atoms. The van der Waals surface area contributed by atoms with Crippen LogP contribution in [0.15, 0.2) is 30.8 Å². The minimum atomic E-state index is 1.10. The standard InChI is InChI=1S/C12H17N/c1-4-11-5-7-12(8-6-11)9-10-13(2)3/h4-8H,1,9-10H2,2-3H3. The molecule has 1 aromatic rings. The second kappa shape index (κ2) is 4.83. The maximum Gasteiger partial charge on any atom is 0.00157 e. The van der Waals surface area contributed by atoms with Gasteiger partial charge in [-0.3, -0.25) is 0 Å². The summed E-state index contributed by atoms with van der Waals surface area (Å²) in [5.74, 6) is 0. The van der Waals surface area contributed by atoms with Gasteiger partial charge in [0.2, 0.25) is 0 Å². The Labute approximate surface area is 80.7 Å². The number of hydrogen-bond acceptors (Lipinski definition) is 1. The Kier molecular flexibility index (Phi) is 3.71. The van der Waals surface area contributed by atoms with E-state index < -0.39 is 0 Å². The summed E-state index contributed by atoms with van der Waals surface area (Å²) >= 11 is 0. The minimum Gasteiger partial charge on any atom is -0.309 e. The SMILES string of the molecule is C=Cc1ccc(CCN(C)C)cc1. The van der Waals surface area contributed by atoms with E-state index in [1.807, 2.05) is 6.08 Å². The summed E-state index contributed by atoms with van der Waals surface area (Å²) in [6, 6.07) is 8.55. The van der Waals surface area contributed by atoms with Crippen molar-refractivity contribution in [2.24, 2.45) is 0 Å². The van der Waals surface area contributed by atoms with Crippen molar-refractivity contribution in [1.82, 2.24) is 4.90 Å². The highest BCUT2D eigenvalue weighted by molar-refractivity contribution is 5.47. The van der Waals surface area contributed by atoms with E-state index >= 15 is 0 Å². The summed E-state index contributed by atoms with van der Waals surface area (Å²) in [5.41, 5.74) is 2.58. The molecule has 0 aliphatic heterocycles. The van der Waals surface area contributed by atoms with Gasteiger partial charge in [0.05, 0.1) is 0 Å². The molecule has 0 aliphatic rings. The highest BCUT2D eigenvalue weighted by Crippen LogP contribution is 2.06. The summed E-state index contributed by atoms with van der Waals surface area (Å²) in [4.78, 5) is 2.20. The molecule has 1 rings (SSSR count). The lowest BCUT2D eigenvalue weighted by Crippen LogP contribution is -2.14. The Morgan fingerprint density at radius 2 is 1.85 bits per heavy atom. The molecule has 0 fully saturated rings. The smallest absolute Gasteiger partial charge is 0.00157 e. The predicted molar refractivity (Wildman–Crippen MR) is 58.8 cm³/mol. The molecule has 0 N–H and O–H groups in total. The lowest BCUT2D eigenvalue weighted by Gasteiger charge is -2.08. The molecule has 0 heterocycles. The first-order valence-electron chi connectivity index (χ1n) is 4.58. The number of rotatable bonds is 4. The summed E-state index contributed by atoms with van der Waals surface area (Å²) in [5, 5.41) is 0. The molecule has 0 radical (unpaired) electrons. The van der Waals surface area contributed by atoms with Crippen molar-refractivity contribution in [2.75, 3.05) is 20.6 Å². The van der Waals surface area contributed by atoms with Crippen LogP contribution in [0.4, 0.5) is 0 Å². The first kappa shape index (κ1) is 10.0. The quantitative estimate of drug-likeness (QED) is 0.679. The van der Waals surface area contributed by atoms with Crippen molar-refractivity contribution in [2.45, 2.75) is 6.42 Å². The van der Waals surface area contributed by atoms with Gasteiger partial charge < -0.3 is 4.90 Å². The lowest BCUT2D eigenvalue weighted by molar-refractivity contribution is 0.413. The van der Waals surface area contributed by atoms with Crippen molar-refractivity contribution in [3.63, 3.8) is 0 Å². The van der Waals surface area contributed by atoms with E-state index in [-0.39, 0.29) is 0 Å². The van der Waals surface area contributed by atoms with Gasteiger partial charge in [0.25, 0.3) is 0 Å². The fraction of sp³-hybridized carbons (Fsp3) is 0.333. The normalized spacial score (nSPS) is 10.4. The fourth-order valence-corrected chi connectivity index (χ4v) is 1.17. The van der Waals surface area contributed by atoms with Crippen molar-refractivity contribution in [1.29, 1.82) is 0 Å². The third-order valence-electron chi connectivity index (χ3n) is 2.06. The summed E-state index contributed by atoms with van der Waals surface area (Å²) in [6.45, 7) is 4.83. The molecular weight excluding hydrogens is 158 g/mol. The Morgan fingerprint density at radius 1 is 1.23 bits per heavy atom. The van der Waals surface area contributed by atoms with Crippen molar-refractivity contribution in [3.8, 4) is 0 Å². The summed E-state index contributed by atoms with van der Waals surface area (Å²) < 4.78 is 0. The van der Waals surface area contributed by atoms with Gasteiger partial charge in [0.1, 0.15) is 0 Å². The third kappa shape index (κ3) is 3.43. The first-order chi connectivity index (χ1) is 6.22. The molecule has 1 nitrogen and oxygen atoms in total. The van der Waals surface area contributed by atoms with Crippen LogP contribution in [0.5, 0.6) is 0 Å². The third-order valence-corrected chi connectivity index (χ3v) is 2.06. The molecule has 70 valence electrons. The van der Waals surface area contributed by atoms with E-state index in [2.05, 4.69) is 49.8 Å². The zero-order chi connectivity index (χ0) is 9.68. The summed E-state index contributed by atoms with van der Waals surface area (Å²) in [7, 11) is 4.19. The van der Waals surface area contributed by atoms with Gasteiger partial charge in [0, 0.05) is 6.54 Å². The van der Waals surface area contributed by atoms with Crippen LogP contribution in [-0.4, -0.2) is 25.5 Å². The largest absolute Gasteiger partial charge is 0.309 e. The molecule has 0 aromatic heterocycles. The molecule has 0 spiro atoms. The van der Waals surface area contributed by atoms with Gasteiger partial charge in [-0.25, -0.2) is 0 Å². The Balaban J connectivity index is 2.54. The van der Waals surface area contributed by atoms with Gasteiger partial charge in [-0.15, -0.1) is 0 Å². The molecule has 0 saturated carbocycles. The average Bonchev–Trinajstić information content (AvgIpc) is 2.15. The van der Waals surface area contributed by atoms with E-state index in [9.17, 15) is 0 Å². The molecule has 1 heteroatoms. The number of benzene rings is 1. The molecule has 0 atom stereocenters. The van der Waals surface area contributed by atoms with E-state index in [0.717, 1.165) is 13.0 Å².